The van der Waals surface area contributed by atoms with E-state index in [0.717, 1.165) is 49.7 Å². The van der Waals surface area contributed by atoms with Gasteiger partial charge < -0.3 is 19.7 Å². The van der Waals surface area contributed by atoms with Gasteiger partial charge in [0.15, 0.2) is 0 Å². The standard InChI is InChI=1S/C18H24N6O2/c1-13-4-5-15(23-22-13)21-14-9-18(26-10-14)6-3-7-24(11-18)16-8-17(25-2)20-12-19-16/h4-5,8,12,14H,3,6-7,9-11H2,1-2H3,(H,21,23)/t14-,18-/m1/s1. The van der Waals surface area contributed by atoms with Crippen LogP contribution in [0.4, 0.5) is 11.6 Å². The molecule has 8 heteroatoms. The molecule has 138 valence electrons. The first-order chi connectivity index (χ1) is 12.7. The van der Waals surface area contributed by atoms with E-state index in [-0.39, 0.29) is 11.6 Å². The van der Waals surface area contributed by atoms with Gasteiger partial charge in [-0.1, -0.05) is 0 Å². The van der Waals surface area contributed by atoms with Crippen molar-refractivity contribution in [2.24, 2.45) is 0 Å². The Balaban J connectivity index is 1.43. The van der Waals surface area contributed by atoms with Crippen molar-refractivity contribution in [3.05, 3.63) is 30.2 Å². The van der Waals surface area contributed by atoms with E-state index in [1.807, 2.05) is 25.1 Å². The van der Waals surface area contributed by atoms with Crippen LogP contribution in [-0.4, -0.2) is 58.6 Å². The predicted molar refractivity (Wildman–Crippen MR) is 97.5 cm³/mol. The summed E-state index contributed by atoms with van der Waals surface area (Å²) in [6.45, 7) is 4.40. The number of anilines is 2. The lowest BCUT2D eigenvalue weighted by molar-refractivity contribution is -0.00653. The minimum atomic E-state index is -0.147. The van der Waals surface area contributed by atoms with E-state index in [0.29, 0.717) is 12.5 Å². The second-order valence-corrected chi connectivity index (χ2v) is 7.04. The first-order valence-electron chi connectivity index (χ1n) is 8.98. The Hall–Kier alpha value is -2.48. The highest BCUT2D eigenvalue weighted by Gasteiger charge is 2.44. The lowest BCUT2D eigenvalue weighted by Crippen LogP contribution is -2.48. The second-order valence-electron chi connectivity index (χ2n) is 7.04. The largest absolute Gasteiger partial charge is 0.481 e. The van der Waals surface area contributed by atoms with Crippen molar-refractivity contribution in [3.8, 4) is 5.88 Å². The van der Waals surface area contributed by atoms with E-state index in [2.05, 4.69) is 30.4 Å². The van der Waals surface area contributed by atoms with E-state index in [4.69, 9.17) is 9.47 Å². The third kappa shape index (κ3) is 3.55. The van der Waals surface area contributed by atoms with Gasteiger partial charge in [-0.25, -0.2) is 9.97 Å². The Morgan fingerprint density at radius 2 is 2.23 bits per heavy atom. The molecular weight excluding hydrogens is 332 g/mol. The Morgan fingerprint density at radius 1 is 1.31 bits per heavy atom. The first kappa shape index (κ1) is 17.0. The molecule has 2 atom stereocenters. The normalized spacial score (nSPS) is 25.5. The maximum absolute atomic E-state index is 6.27. The molecule has 1 N–H and O–H groups in total. The van der Waals surface area contributed by atoms with Crippen LogP contribution in [0.3, 0.4) is 0 Å². The molecule has 2 saturated heterocycles. The number of nitrogens with one attached hydrogen (secondary N) is 1. The topological polar surface area (TPSA) is 85.3 Å². The molecule has 0 radical (unpaired) electrons. The lowest BCUT2D eigenvalue weighted by Gasteiger charge is -2.40. The summed E-state index contributed by atoms with van der Waals surface area (Å²) < 4.78 is 11.5. The van der Waals surface area contributed by atoms with Crippen LogP contribution in [0.15, 0.2) is 24.5 Å². The average Bonchev–Trinajstić information content (AvgIpc) is 3.05. The van der Waals surface area contributed by atoms with Gasteiger partial charge in [-0.2, -0.15) is 5.10 Å². The molecule has 0 saturated carbocycles. The second kappa shape index (κ2) is 7.03. The molecule has 2 aromatic rings. The predicted octanol–water partition coefficient (Wildman–Crippen LogP) is 1.82. The Kier molecular flexibility index (Phi) is 4.58. The fourth-order valence-electron chi connectivity index (χ4n) is 3.81. The SMILES string of the molecule is COc1cc(N2CCC[C@@]3(C[C@@H](Nc4ccc(C)nn4)CO3)C2)ncn1. The van der Waals surface area contributed by atoms with Crippen LogP contribution < -0.4 is 15.0 Å². The lowest BCUT2D eigenvalue weighted by atomic mass is 9.88. The van der Waals surface area contributed by atoms with Crippen molar-refractivity contribution in [2.45, 2.75) is 37.8 Å². The monoisotopic (exact) mass is 356 g/mol. The zero-order valence-corrected chi connectivity index (χ0v) is 15.2. The molecular formula is C18H24N6O2. The molecule has 0 aromatic carbocycles. The highest BCUT2D eigenvalue weighted by atomic mass is 16.5. The van der Waals surface area contributed by atoms with Gasteiger partial charge in [-0.15, -0.1) is 5.10 Å². The molecule has 8 nitrogen and oxygen atoms in total. The maximum atomic E-state index is 6.27. The quantitative estimate of drug-likeness (QED) is 0.888. The van der Waals surface area contributed by atoms with Crippen LogP contribution in [0.25, 0.3) is 0 Å². The minimum absolute atomic E-state index is 0.147. The number of rotatable bonds is 4. The summed E-state index contributed by atoms with van der Waals surface area (Å²) in [5, 5.41) is 11.8. The van der Waals surface area contributed by atoms with E-state index in [1.54, 1.807) is 13.4 Å². The van der Waals surface area contributed by atoms with Crippen LogP contribution in [0, 0.1) is 6.92 Å². The summed E-state index contributed by atoms with van der Waals surface area (Å²) in [5.41, 5.74) is 0.768. The minimum Gasteiger partial charge on any atom is -0.481 e. The third-order valence-corrected chi connectivity index (χ3v) is 5.06. The van der Waals surface area contributed by atoms with E-state index < -0.39 is 0 Å². The first-order valence-corrected chi connectivity index (χ1v) is 8.98. The van der Waals surface area contributed by atoms with Crippen molar-refractivity contribution < 1.29 is 9.47 Å². The number of hydrogen-bond donors (Lipinski definition) is 1. The van der Waals surface area contributed by atoms with Crippen LogP contribution in [0.5, 0.6) is 5.88 Å². The number of ether oxygens (including phenoxy) is 2. The number of hydrogen-bond acceptors (Lipinski definition) is 8. The molecule has 0 amide bonds. The number of aryl methyl sites for hydroxylation is 1. The fraction of sp³-hybridized carbons (Fsp3) is 0.556. The molecule has 2 aliphatic heterocycles. The van der Waals surface area contributed by atoms with E-state index in [1.165, 1.54) is 0 Å². The summed E-state index contributed by atoms with van der Waals surface area (Å²) in [7, 11) is 1.62. The van der Waals surface area contributed by atoms with Gasteiger partial charge in [0.05, 0.1) is 31.1 Å². The summed E-state index contributed by atoms with van der Waals surface area (Å²) in [4.78, 5) is 10.8. The maximum Gasteiger partial charge on any atom is 0.218 e. The van der Waals surface area contributed by atoms with E-state index in [9.17, 15) is 0 Å². The third-order valence-electron chi connectivity index (χ3n) is 5.06. The van der Waals surface area contributed by atoms with Crippen molar-refractivity contribution in [2.75, 3.05) is 37.0 Å². The molecule has 2 aliphatic rings. The fourth-order valence-corrected chi connectivity index (χ4v) is 3.81. The van der Waals surface area contributed by atoms with Crippen LogP contribution in [0.1, 0.15) is 25.0 Å². The van der Waals surface area contributed by atoms with Crippen LogP contribution in [-0.2, 0) is 4.74 Å². The average molecular weight is 356 g/mol. The zero-order chi connectivity index (χ0) is 18.0. The molecule has 2 aromatic heterocycles. The smallest absolute Gasteiger partial charge is 0.218 e. The highest BCUT2D eigenvalue weighted by Crippen LogP contribution is 2.37. The van der Waals surface area contributed by atoms with Crippen molar-refractivity contribution in [1.82, 2.24) is 20.2 Å². The number of nitrogens with zero attached hydrogens (tertiary/aromatic N) is 5. The van der Waals surface area contributed by atoms with Gasteiger partial charge in [0.25, 0.3) is 0 Å². The molecule has 2 fully saturated rings. The molecule has 0 unspecified atom stereocenters. The van der Waals surface area contributed by atoms with Crippen molar-refractivity contribution in [3.63, 3.8) is 0 Å². The van der Waals surface area contributed by atoms with Gasteiger partial charge >= 0.3 is 0 Å². The molecule has 1 spiro atoms. The Morgan fingerprint density at radius 3 is 3.04 bits per heavy atom. The number of methoxy groups -OCH3 is 1. The highest BCUT2D eigenvalue weighted by molar-refractivity contribution is 5.42. The Labute approximate surface area is 153 Å². The van der Waals surface area contributed by atoms with Gasteiger partial charge in [-0.05, 0) is 31.9 Å². The molecule has 0 bridgehead atoms. The van der Waals surface area contributed by atoms with Gasteiger partial charge in [-0.3, -0.25) is 0 Å². The number of aromatic nitrogens is 4. The van der Waals surface area contributed by atoms with Gasteiger partial charge in [0.2, 0.25) is 5.88 Å². The molecule has 26 heavy (non-hydrogen) atoms. The number of piperidine rings is 1. The summed E-state index contributed by atoms with van der Waals surface area (Å²) in [5.74, 6) is 2.27. The van der Waals surface area contributed by atoms with Gasteiger partial charge in [0, 0.05) is 25.6 Å². The molecule has 4 heterocycles. The zero-order valence-electron chi connectivity index (χ0n) is 15.2. The molecule has 4 rings (SSSR count). The van der Waals surface area contributed by atoms with Crippen LogP contribution >= 0.6 is 0 Å². The van der Waals surface area contributed by atoms with Crippen molar-refractivity contribution in [1.29, 1.82) is 0 Å². The Bertz CT molecular complexity index is 756. The summed E-state index contributed by atoms with van der Waals surface area (Å²) in [6, 6.07) is 6.05. The summed E-state index contributed by atoms with van der Waals surface area (Å²) in [6.07, 6.45) is 4.62. The summed E-state index contributed by atoms with van der Waals surface area (Å²) >= 11 is 0. The van der Waals surface area contributed by atoms with E-state index >= 15 is 0 Å². The molecule has 0 aliphatic carbocycles. The van der Waals surface area contributed by atoms with Gasteiger partial charge in [0.1, 0.15) is 18.0 Å². The van der Waals surface area contributed by atoms with Crippen LogP contribution in [0.2, 0.25) is 0 Å². The van der Waals surface area contributed by atoms with Crippen molar-refractivity contribution >= 4 is 11.6 Å².